The molecule has 4 nitrogen and oxygen atoms in total. The molecule has 1 aliphatic rings. The number of nitrogens with zero attached hydrogens (tertiary/aromatic N) is 1. The zero-order valence-electron chi connectivity index (χ0n) is 10.4. The maximum Gasteiger partial charge on any atom is 0.265 e. The minimum Gasteiger partial charge on any atom is -0.298 e. The van der Waals surface area contributed by atoms with Crippen LogP contribution in [0.2, 0.25) is 0 Å². The Kier molecular flexibility index (Phi) is 4.66. The van der Waals surface area contributed by atoms with Crippen LogP contribution in [0.5, 0.6) is 0 Å². The fourth-order valence-electron chi connectivity index (χ4n) is 1.75. The second-order valence-corrected chi connectivity index (χ2v) is 5.71. The largest absolute Gasteiger partial charge is 0.298 e. The molecule has 1 heterocycles. The molecular formula is C14H11IN2O2S. The maximum atomic E-state index is 12.3. The molecule has 102 valence electrons. The van der Waals surface area contributed by atoms with E-state index in [2.05, 4.69) is 34.5 Å². The molecule has 1 saturated heterocycles. The molecule has 0 bridgehead atoms. The van der Waals surface area contributed by atoms with Gasteiger partial charge in [-0.3, -0.25) is 19.8 Å². The number of hydrogen-bond acceptors (Lipinski definition) is 3. The van der Waals surface area contributed by atoms with E-state index in [1.807, 2.05) is 24.3 Å². The summed E-state index contributed by atoms with van der Waals surface area (Å²) in [7, 11) is 0. The number of thiocarbonyl (C=S) groups is 1. The van der Waals surface area contributed by atoms with Gasteiger partial charge in [-0.2, -0.15) is 0 Å². The fraction of sp³-hybridized carbons (Fsp3) is 0.0714. The summed E-state index contributed by atoms with van der Waals surface area (Å²) in [5.74, 6) is -0.878. The third-order valence-electron chi connectivity index (χ3n) is 2.66. The van der Waals surface area contributed by atoms with E-state index in [1.54, 1.807) is 12.2 Å². The van der Waals surface area contributed by atoms with Gasteiger partial charge in [0.25, 0.3) is 11.8 Å². The van der Waals surface area contributed by atoms with Gasteiger partial charge in [0.15, 0.2) is 5.11 Å². The van der Waals surface area contributed by atoms with Crippen molar-refractivity contribution in [2.24, 2.45) is 0 Å². The van der Waals surface area contributed by atoms with Crippen LogP contribution >= 0.6 is 34.8 Å². The first-order valence-electron chi connectivity index (χ1n) is 5.78. The fourth-order valence-corrected chi connectivity index (χ4v) is 2.57. The Labute approximate surface area is 135 Å². The highest BCUT2D eigenvalue weighted by Crippen LogP contribution is 2.16. The lowest BCUT2D eigenvalue weighted by Gasteiger charge is -2.27. The van der Waals surface area contributed by atoms with Crippen molar-refractivity contribution in [3.05, 3.63) is 51.6 Å². The second-order valence-electron chi connectivity index (χ2n) is 4.08. The lowest BCUT2D eigenvalue weighted by molar-refractivity contribution is -0.128. The van der Waals surface area contributed by atoms with E-state index in [4.69, 9.17) is 12.2 Å². The maximum absolute atomic E-state index is 12.3. The molecule has 0 saturated carbocycles. The third kappa shape index (κ3) is 3.13. The first-order valence-corrected chi connectivity index (χ1v) is 7.27. The highest BCUT2D eigenvalue weighted by Gasteiger charge is 2.32. The van der Waals surface area contributed by atoms with Crippen LogP contribution < -0.4 is 5.32 Å². The Morgan fingerprint density at radius 1 is 1.40 bits per heavy atom. The number of nitrogens with one attached hydrogen (secondary N) is 1. The van der Waals surface area contributed by atoms with Gasteiger partial charge in [0.2, 0.25) is 0 Å². The normalized spacial score (nSPS) is 17.4. The Bertz CT molecular complexity index is 640. The van der Waals surface area contributed by atoms with Gasteiger partial charge in [0.05, 0.1) is 0 Å². The summed E-state index contributed by atoms with van der Waals surface area (Å²) in [6.45, 7) is 3.84. The Morgan fingerprint density at radius 3 is 2.80 bits per heavy atom. The molecule has 6 heteroatoms. The Balaban J connectivity index is 2.38. The lowest BCUT2D eigenvalue weighted by atomic mass is 10.1. The van der Waals surface area contributed by atoms with Gasteiger partial charge in [0.1, 0.15) is 5.57 Å². The van der Waals surface area contributed by atoms with Gasteiger partial charge in [-0.1, -0.05) is 18.2 Å². The molecular weight excluding hydrogens is 387 g/mol. The van der Waals surface area contributed by atoms with Gasteiger partial charge in [0, 0.05) is 10.1 Å². The zero-order valence-corrected chi connectivity index (χ0v) is 13.4. The summed E-state index contributed by atoms with van der Waals surface area (Å²) in [6, 6.07) is 7.52. The van der Waals surface area contributed by atoms with Crippen LogP contribution in [-0.2, 0) is 9.59 Å². The summed E-state index contributed by atoms with van der Waals surface area (Å²) in [4.78, 5) is 25.5. The highest BCUT2D eigenvalue weighted by molar-refractivity contribution is 14.1. The van der Waals surface area contributed by atoms with E-state index in [9.17, 15) is 9.59 Å². The minimum absolute atomic E-state index is 0.0717. The number of rotatable bonds is 3. The van der Waals surface area contributed by atoms with E-state index in [0.29, 0.717) is 0 Å². The molecule has 1 aromatic carbocycles. The molecule has 1 N–H and O–H groups in total. The lowest BCUT2D eigenvalue weighted by Crippen LogP contribution is -2.53. The van der Waals surface area contributed by atoms with E-state index in [-0.39, 0.29) is 17.2 Å². The number of carbonyl (C=O) groups is 2. The monoisotopic (exact) mass is 398 g/mol. The molecule has 1 aliphatic heterocycles. The molecule has 0 spiro atoms. The number of amides is 2. The van der Waals surface area contributed by atoms with Crippen molar-refractivity contribution in [3.8, 4) is 0 Å². The number of carbonyl (C=O) groups excluding carboxylic acids is 2. The summed E-state index contributed by atoms with van der Waals surface area (Å²) >= 11 is 7.15. The molecule has 1 aromatic rings. The van der Waals surface area contributed by atoms with Crippen LogP contribution in [0, 0.1) is 3.57 Å². The number of halogens is 1. The van der Waals surface area contributed by atoms with Gasteiger partial charge < -0.3 is 0 Å². The van der Waals surface area contributed by atoms with Crippen LogP contribution in [0.15, 0.2) is 42.5 Å². The van der Waals surface area contributed by atoms with Crippen molar-refractivity contribution in [1.82, 2.24) is 10.2 Å². The van der Waals surface area contributed by atoms with Crippen molar-refractivity contribution >= 4 is 57.8 Å². The van der Waals surface area contributed by atoms with E-state index >= 15 is 0 Å². The molecule has 0 atom stereocenters. The molecule has 2 rings (SSSR count). The van der Waals surface area contributed by atoms with Crippen molar-refractivity contribution in [1.29, 1.82) is 0 Å². The average molecular weight is 398 g/mol. The summed E-state index contributed by atoms with van der Waals surface area (Å²) in [6.07, 6.45) is 3.13. The summed E-state index contributed by atoms with van der Waals surface area (Å²) < 4.78 is 1.03. The van der Waals surface area contributed by atoms with Crippen LogP contribution in [0.3, 0.4) is 0 Å². The van der Waals surface area contributed by atoms with Gasteiger partial charge >= 0.3 is 0 Å². The minimum atomic E-state index is -0.473. The summed E-state index contributed by atoms with van der Waals surface area (Å²) in [5, 5.41) is 2.62. The smallest absolute Gasteiger partial charge is 0.265 e. The van der Waals surface area contributed by atoms with Crippen molar-refractivity contribution in [2.45, 2.75) is 0 Å². The SMILES string of the molecule is C=CCN1C(=O)C(=Cc2cccc(I)c2)C(=O)NC1=S. The van der Waals surface area contributed by atoms with Crippen LogP contribution in [0.25, 0.3) is 6.08 Å². The van der Waals surface area contributed by atoms with Crippen molar-refractivity contribution in [2.75, 3.05) is 6.54 Å². The second kappa shape index (κ2) is 6.27. The standard InChI is InChI=1S/C14H11IN2O2S/c1-2-6-17-13(19)11(12(18)16-14(17)20)8-9-4-3-5-10(15)7-9/h2-5,7-8H,1,6H2,(H,16,18,20). The first kappa shape index (κ1) is 14.9. The van der Waals surface area contributed by atoms with Crippen LogP contribution in [-0.4, -0.2) is 28.4 Å². The topological polar surface area (TPSA) is 49.4 Å². The van der Waals surface area contributed by atoms with E-state index in [0.717, 1.165) is 9.13 Å². The van der Waals surface area contributed by atoms with Gasteiger partial charge in [-0.15, -0.1) is 6.58 Å². The predicted octanol–water partition coefficient (Wildman–Crippen LogP) is 2.10. The molecule has 0 aromatic heterocycles. The Hall–Kier alpha value is -1.54. The number of hydrogen-bond donors (Lipinski definition) is 1. The van der Waals surface area contributed by atoms with Crippen molar-refractivity contribution in [3.63, 3.8) is 0 Å². The number of benzene rings is 1. The van der Waals surface area contributed by atoms with Crippen LogP contribution in [0.1, 0.15) is 5.56 Å². The first-order chi connectivity index (χ1) is 9.52. The average Bonchev–Trinajstić information content (AvgIpc) is 2.39. The highest BCUT2D eigenvalue weighted by atomic mass is 127. The molecule has 0 aliphatic carbocycles. The zero-order chi connectivity index (χ0) is 14.7. The van der Waals surface area contributed by atoms with Gasteiger partial charge in [-0.25, -0.2) is 0 Å². The van der Waals surface area contributed by atoms with E-state index < -0.39 is 11.8 Å². The quantitative estimate of drug-likeness (QED) is 0.279. The summed E-state index contributed by atoms with van der Waals surface area (Å²) in [5.41, 5.74) is 0.865. The molecule has 0 radical (unpaired) electrons. The molecule has 2 amide bonds. The molecule has 1 fully saturated rings. The Morgan fingerprint density at radius 2 is 2.15 bits per heavy atom. The molecule has 20 heavy (non-hydrogen) atoms. The van der Waals surface area contributed by atoms with E-state index in [1.165, 1.54) is 4.90 Å². The molecule has 0 unspecified atom stereocenters. The third-order valence-corrected chi connectivity index (χ3v) is 3.65. The van der Waals surface area contributed by atoms with Gasteiger partial charge in [-0.05, 0) is 58.6 Å². The van der Waals surface area contributed by atoms with Crippen LogP contribution in [0.4, 0.5) is 0 Å². The van der Waals surface area contributed by atoms with Crippen molar-refractivity contribution < 1.29 is 9.59 Å². The predicted molar refractivity (Wildman–Crippen MR) is 89.8 cm³/mol.